The van der Waals surface area contributed by atoms with E-state index in [4.69, 9.17) is 15.3 Å². The van der Waals surface area contributed by atoms with E-state index < -0.39 is 0 Å². The van der Waals surface area contributed by atoms with Crippen LogP contribution in [0.1, 0.15) is 36.0 Å². The fourth-order valence-corrected chi connectivity index (χ4v) is 2.30. The molecule has 17 heavy (non-hydrogen) atoms. The largest absolute Gasteiger partial charge is 0.376 e. The number of nitrogen functional groups attached to an aromatic ring is 1. The summed E-state index contributed by atoms with van der Waals surface area (Å²) in [7, 11) is 0. The van der Waals surface area contributed by atoms with Crippen molar-refractivity contribution < 1.29 is 9.47 Å². The average Bonchev–Trinajstić information content (AvgIpc) is 2.91. The molecular weight excluding hydrogens is 220 g/mol. The van der Waals surface area contributed by atoms with Gasteiger partial charge < -0.3 is 14.9 Å². The number of hydrogen-bond donors (Lipinski definition) is 2. The minimum absolute atomic E-state index is 0.0234. The molecule has 1 unspecified atom stereocenters. The SMILES string of the molecule is NNc1nc(C2CCCO2)nc2c1COCC2. The van der Waals surface area contributed by atoms with Crippen LogP contribution in [0.3, 0.4) is 0 Å². The van der Waals surface area contributed by atoms with Crippen LogP contribution in [0.2, 0.25) is 0 Å². The van der Waals surface area contributed by atoms with E-state index in [1.807, 2.05) is 0 Å². The Morgan fingerprint density at radius 1 is 1.29 bits per heavy atom. The van der Waals surface area contributed by atoms with Crippen molar-refractivity contribution >= 4 is 5.82 Å². The van der Waals surface area contributed by atoms with Crippen molar-refractivity contribution in [2.75, 3.05) is 18.6 Å². The van der Waals surface area contributed by atoms with Crippen LogP contribution in [0.5, 0.6) is 0 Å². The summed E-state index contributed by atoms with van der Waals surface area (Å²) in [4.78, 5) is 9.03. The Labute approximate surface area is 99.5 Å². The number of nitrogens with one attached hydrogen (secondary N) is 1. The molecule has 3 rings (SSSR count). The molecule has 0 amide bonds. The summed E-state index contributed by atoms with van der Waals surface area (Å²) in [6, 6.07) is 0. The highest BCUT2D eigenvalue weighted by atomic mass is 16.5. The Morgan fingerprint density at radius 2 is 2.24 bits per heavy atom. The summed E-state index contributed by atoms with van der Waals surface area (Å²) in [5.41, 5.74) is 4.64. The van der Waals surface area contributed by atoms with Crippen molar-refractivity contribution in [3.63, 3.8) is 0 Å². The van der Waals surface area contributed by atoms with Crippen molar-refractivity contribution in [2.24, 2.45) is 5.84 Å². The second-order valence-electron chi connectivity index (χ2n) is 4.30. The van der Waals surface area contributed by atoms with Crippen molar-refractivity contribution in [3.8, 4) is 0 Å². The first-order valence-electron chi connectivity index (χ1n) is 5.94. The Hall–Kier alpha value is -1.24. The zero-order valence-electron chi connectivity index (χ0n) is 9.61. The van der Waals surface area contributed by atoms with E-state index in [2.05, 4.69) is 15.4 Å². The maximum Gasteiger partial charge on any atom is 0.159 e. The molecule has 1 fully saturated rings. The molecule has 0 aliphatic carbocycles. The minimum Gasteiger partial charge on any atom is -0.376 e. The van der Waals surface area contributed by atoms with E-state index in [9.17, 15) is 0 Å². The molecule has 3 N–H and O–H groups in total. The topological polar surface area (TPSA) is 82.3 Å². The highest BCUT2D eigenvalue weighted by molar-refractivity contribution is 5.46. The summed E-state index contributed by atoms with van der Waals surface area (Å²) in [6.07, 6.45) is 2.89. The highest BCUT2D eigenvalue weighted by Gasteiger charge is 2.24. The molecule has 0 aromatic carbocycles. The molecule has 2 aliphatic rings. The van der Waals surface area contributed by atoms with Gasteiger partial charge in [-0.05, 0) is 12.8 Å². The zero-order valence-corrected chi connectivity index (χ0v) is 9.61. The smallest absolute Gasteiger partial charge is 0.159 e. The number of fused-ring (bicyclic) bond motifs is 1. The number of hydrogen-bond acceptors (Lipinski definition) is 6. The molecule has 6 nitrogen and oxygen atoms in total. The normalized spacial score (nSPS) is 23.5. The Bertz CT molecular complexity index is 401. The van der Waals surface area contributed by atoms with Crippen LogP contribution in [-0.2, 0) is 22.5 Å². The van der Waals surface area contributed by atoms with Crippen LogP contribution in [0.4, 0.5) is 5.82 Å². The summed E-state index contributed by atoms with van der Waals surface area (Å²) in [5.74, 6) is 6.92. The fourth-order valence-electron chi connectivity index (χ4n) is 2.30. The molecule has 1 saturated heterocycles. The second kappa shape index (κ2) is 4.56. The first-order chi connectivity index (χ1) is 8.38. The van der Waals surface area contributed by atoms with E-state index in [0.29, 0.717) is 19.0 Å². The number of aromatic nitrogens is 2. The molecule has 6 heteroatoms. The fraction of sp³-hybridized carbons (Fsp3) is 0.636. The van der Waals surface area contributed by atoms with Gasteiger partial charge in [-0.3, -0.25) is 0 Å². The average molecular weight is 236 g/mol. The standard InChI is InChI=1S/C11H16N4O2/c12-15-10-7-6-16-5-3-8(7)13-11(14-10)9-2-1-4-17-9/h9H,1-6,12H2,(H,13,14,15). The van der Waals surface area contributed by atoms with Crippen LogP contribution < -0.4 is 11.3 Å². The lowest BCUT2D eigenvalue weighted by atomic mass is 10.1. The summed E-state index contributed by atoms with van der Waals surface area (Å²) in [5, 5.41) is 0. The summed E-state index contributed by atoms with van der Waals surface area (Å²) in [6.45, 7) is 2.03. The Kier molecular flexibility index (Phi) is 2.92. The van der Waals surface area contributed by atoms with Crippen molar-refractivity contribution in [2.45, 2.75) is 32.0 Å². The van der Waals surface area contributed by atoms with Gasteiger partial charge in [0.15, 0.2) is 5.82 Å². The maximum atomic E-state index is 5.60. The number of ether oxygens (including phenoxy) is 2. The van der Waals surface area contributed by atoms with Gasteiger partial charge >= 0.3 is 0 Å². The Balaban J connectivity index is 1.99. The number of nitrogens with two attached hydrogens (primary N) is 1. The molecule has 0 radical (unpaired) electrons. The van der Waals surface area contributed by atoms with Gasteiger partial charge in [0, 0.05) is 18.6 Å². The maximum absolute atomic E-state index is 5.60. The van der Waals surface area contributed by atoms with Gasteiger partial charge in [-0.2, -0.15) is 0 Å². The first-order valence-corrected chi connectivity index (χ1v) is 5.94. The molecule has 2 aliphatic heterocycles. The number of nitrogens with zero attached hydrogens (tertiary/aromatic N) is 2. The van der Waals surface area contributed by atoms with E-state index in [1.165, 1.54) is 0 Å². The van der Waals surface area contributed by atoms with Gasteiger partial charge in [0.1, 0.15) is 11.9 Å². The van der Waals surface area contributed by atoms with E-state index in [1.54, 1.807) is 0 Å². The van der Waals surface area contributed by atoms with Gasteiger partial charge in [-0.15, -0.1) is 0 Å². The molecule has 3 heterocycles. The van der Waals surface area contributed by atoms with Crippen LogP contribution in [0.15, 0.2) is 0 Å². The van der Waals surface area contributed by atoms with Gasteiger partial charge in [-0.25, -0.2) is 15.8 Å². The lowest BCUT2D eigenvalue weighted by Gasteiger charge is -2.20. The van der Waals surface area contributed by atoms with Crippen LogP contribution in [0.25, 0.3) is 0 Å². The first kappa shape index (κ1) is 10.9. The number of hydrazine groups is 1. The number of rotatable bonds is 2. The zero-order chi connectivity index (χ0) is 11.7. The monoisotopic (exact) mass is 236 g/mol. The quantitative estimate of drug-likeness (QED) is 0.580. The molecule has 0 spiro atoms. The molecule has 1 aromatic heterocycles. The third-order valence-corrected chi connectivity index (χ3v) is 3.19. The summed E-state index contributed by atoms with van der Waals surface area (Å²) >= 11 is 0. The molecule has 0 saturated carbocycles. The Morgan fingerprint density at radius 3 is 3.00 bits per heavy atom. The molecule has 0 bridgehead atoms. The lowest BCUT2D eigenvalue weighted by molar-refractivity contribution is 0.0990. The van der Waals surface area contributed by atoms with E-state index in [0.717, 1.165) is 43.0 Å². The third-order valence-electron chi connectivity index (χ3n) is 3.19. The molecule has 1 aromatic rings. The van der Waals surface area contributed by atoms with Crippen molar-refractivity contribution in [1.29, 1.82) is 0 Å². The molecule has 92 valence electrons. The van der Waals surface area contributed by atoms with Crippen molar-refractivity contribution in [1.82, 2.24) is 9.97 Å². The van der Waals surface area contributed by atoms with E-state index in [-0.39, 0.29) is 6.10 Å². The predicted octanol–water partition coefficient (Wildman–Crippen LogP) is 0.686. The predicted molar refractivity (Wildman–Crippen MR) is 61.1 cm³/mol. The van der Waals surface area contributed by atoms with E-state index >= 15 is 0 Å². The highest BCUT2D eigenvalue weighted by Crippen LogP contribution is 2.29. The minimum atomic E-state index is 0.0234. The number of anilines is 1. The van der Waals surface area contributed by atoms with Gasteiger partial charge in [0.25, 0.3) is 0 Å². The van der Waals surface area contributed by atoms with Crippen molar-refractivity contribution in [3.05, 3.63) is 17.1 Å². The molecular formula is C11H16N4O2. The van der Waals surface area contributed by atoms with Crippen LogP contribution >= 0.6 is 0 Å². The van der Waals surface area contributed by atoms with Gasteiger partial charge in [0.05, 0.1) is 18.9 Å². The third kappa shape index (κ3) is 1.99. The van der Waals surface area contributed by atoms with Crippen LogP contribution in [-0.4, -0.2) is 23.2 Å². The second-order valence-corrected chi connectivity index (χ2v) is 4.30. The van der Waals surface area contributed by atoms with Gasteiger partial charge in [0.2, 0.25) is 0 Å². The van der Waals surface area contributed by atoms with Gasteiger partial charge in [-0.1, -0.05) is 0 Å². The lowest BCUT2D eigenvalue weighted by Crippen LogP contribution is -2.21. The summed E-state index contributed by atoms with van der Waals surface area (Å²) < 4.78 is 11.0. The molecule has 1 atom stereocenters. The van der Waals surface area contributed by atoms with Crippen LogP contribution in [0, 0.1) is 0 Å².